The molecule has 0 radical (unpaired) electrons. The van der Waals surface area contributed by atoms with E-state index >= 15 is 0 Å². The Morgan fingerprint density at radius 1 is 1.24 bits per heavy atom. The fraction of sp³-hybridized carbons (Fsp3) is 0.818. The van der Waals surface area contributed by atoms with Crippen LogP contribution >= 0.6 is 0 Å². The van der Waals surface area contributed by atoms with Crippen LogP contribution in [0, 0.1) is 0 Å². The largest absolute Gasteiger partial charge is 0.395 e. The minimum absolute atomic E-state index is 0.0730. The molecule has 0 atom stereocenters. The van der Waals surface area contributed by atoms with Gasteiger partial charge in [0.05, 0.1) is 6.61 Å². The highest BCUT2D eigenvalue weighted by molar-refractivity contribution is 5.93. The number of urea groups is 1. The Labute approximate surface area is 102 Å². The van der Waals surface area contributed by atoms with Crippen LogP contribution in [0.25, 0.3) is 0 Å². The van der Waals surface area contributed by atoms with Crippen molar-refractivity contribution in [3.05, 3.63) is 0 Å². The van der Waals surface area contributed by atoms with E-state index in [1.54, 1.807) is 0 Å². The molecular weight excluding hydrogens is 222 g/mol. The molecule has 0 aliphatic heterocycles. The summed E-state index contributed by atoms with van der Waals surface area (Å²) in [5.41, 5.74) is 4.83. The number of imide groups is 1. The van der Waals surface area contributed by atoms with Gasteiger partial charge in [0.15, 0.2) is 0 Å². The third kappa shape index (κ3) is 9.77. The van der Waals surface area contributed by atoms with Gasteiger partial charge in [-0.25, -0.2) is 4.79 Å². The highest BCUT2D eigenvalue weighted by atomic mass is 16.3. The molecule has 0 aliphatic carbocycles. The average molecular weight is 245 g/mol. The van der Waals surface area contributed by atoms with Crippen LogP contribution in [-0.2, 0) is 4.79 Å². The maximum atomic E-state index is 11.2. The van der Waals surface area contributed by atoms with Gasteiger partial charge in [0.2, 0.25) is 5.91 Å². The molecule has 0 aliphatic rings. The summed E-state index contributed by atoms with van der Waals surface area (Å²) in [4.78, 5) is 23.6. The molecule has 0 saturated carbocycles. The number of hydrogen-bond donors (Lipinski definition) is 3. The molecule has 6 nitrogen and oxygen atoms in total. The number of carbonyl (C=O) groups excluding carboxylic acids is 2. The van der Waals surface area contributed by atoms with Crippen molar-refractivity contribution in [3.8, 4) is 0 Å². The van der Waals surface area contributed by atoms with E-state index in [2.05, 4.69) is 6.92 Å². The number of aliphatic hydroxyl groups excluding tert-OH is 1. The van der Waals surface area contributed by atoms with E-state index < -0.39 is 6.03 Å². The SMILES string of the molecule is CCCCCN(CCO)CCC(=O)NC(N)=O. The summed E-state index contributed by atoms with van der Waals surface area (Å²) in [5, 5.41) is 10.9. The quantitative estimate of drug-likeness (QED) is 0.500. The minimum Gasteiger partial charge on any atom is -0.395 e. The van der Waals surface area contributed by atoms with Gasteiger partial charge in [0.25, 0.3) is 0 Å². The normalized spacial score (nSPS) is 10.5. The molecular formula is C11H23N3O3. The number of unbranched alkanes of at least 4 members (excludes halogenated alkanes) is 2. The number of hydrogen-bond acceptors (Lipinski definition) is 4. The molecule has 0 saturated heterocycles. The number of aliphatic hydroxyl groups is 1. The summed E-state index contributed by atoms with van der Waals surface area (Å²) in [5.74, 6) is -0.379. The number of nitrogens with zero attached hydrogens (tertiary/aromatic N) is 1. The Hall–Kier alpha value is -1.14. The highest BCUT2D eigenvalue weighted by Crippen LogP contribution is 1.99. The van der Waals surface area contributed by atoms with Crippen molar-refractivity contribution >= 4 is 11.9 Å². The van der Waals surface area contributed by atoms with Crippen LogP contribution in [0.3, 0.4) is 0 Å². The van der Waals surface area contributed by atoms with E-state index in [0.29, 0.717) is 13.1 Å². The van der Waals surface area contributed by atoms with E-state index in [4.69, 9.17) is 10.8 Å². The molecule has 0 spiro atoms. The first kappa shape index (κ1) is 15.9. The lowest BCUT2D eigenvalue weighted by Crippen LogP contribution is -2.38. The zero-order valence-electron chi connectivity index (χ0n) is 10.4. The van der Waals surface area contributed by atoms with Crippen LogP contribution in [0.2, 0.25) is 0 Å². The van der Waals surface area contributed by atoms with E-state index in [1.807, 2.05) is 10.2 Å². The zero-order valence-corrected chi connectivity index (χ0v) is 10.4. The second-order valence-electron chi connectivity index (χ2n) is 3.93. The van der Waals surface area contributed by atoms with Gasteiger partial charge >= 0.3 is 6.03 Å². The molecule has 0 unspecified atom stereocenters. The van der Waals surface area contributed by atoms with Crippen molar-refractivity contribution in [1.82, 2.24) is 10.2 Å². The summed E-state index contributed by atoms with van der Waals surface area (Å²) in [6.07, 6.45) is 3.54. The van der Waals surface area contributed by atoms with Crippen LogP contribution in [-0.4, -0.2) is 48.2 Å². The van der Waals surface area contributed by atoms with Crippen molar-refractivity contribution in [2.24, 2.45) is 5.73 Å². The zero-order chi connectivity index (χ0) is 13.1. The average Bonchev–Trinajstić information content (AvgIpc) is 2.25. The number of amides is 3. The van der Waals surface area contributed by atoms with Gasteiger partial charge in [-0.1, -0.05) is 19.8 Å². The maximum absolute atomic E-state index is 11.2. The second kappa shape index (κ2) is 10.0. The molecule has 100 valence electrons. The molecule has 3 amide bonds. The van der Waals surface area contributed by atoms with Crippen LogP contribution in [0.5, 0.6) is 0 Å². The number of rotatable bonds is 9. The summed E-state index contributed by atoms with van der Waals surface area (Å²) in [7, 11) is 0. The molecule has 0 rings (SSSR count). The standard InChI is InChI=1S/C11H23N3O3/c1-2-3-4-6-14(8-9-15)7-5-10(16)13-11(12)17/h15H,2-9H2,1H3,(H3,12,13,16,17). The molecule has 0 fully saturated rings. The lowest BCUT2D eigenvalue weighted by Gasteiger charge is -2.20. The second-order valence-corrected chi connectivity index (χ2v) is 3.93. The van der Waals surface area contributed by atoms with Crippen LogP contribution < -0.4 is 11.1 Å². The summed E-state index contributed by atoms with van der Waals surface area (Å²) < 4.78 is 0. The van der Waals surface area contributed by atoms with Crippen molar-refractivity contribution in [3.63, 3.8) is 0 Å². The molecule has 0 bridgehead atoms. The molecule has 0 heterocycles. The molecule has 0 aromatic rings. The fourth-order valence-corrected chi connectivity index (χ4v) is 1.52. The van der Waals surface area contributed by atoms with Crippen molar-refractivity contribution < 1.29 is 14.7 Å². The van der Waals surface area contributed by atoms with Crippen LogP contribution in [0.15, 0.2) is 0 Å². The first-order valence-electron chi connectivity index (χ1n) is 6.02. The van der Waals surface area contributed by atoms with Crippen molar-refractivity contribution in [1.29, 1.82) is 0 Å². The molecule has 0 aromatic heterocycles. The molecule has 4 N–H and O–H groups in total. The Kier molecular flexibility index (Phi) is 9.37. The molecule has 6 heteroatoms. The topological polar surface area (TPSA) is 95.7 Å². The first-order chi connectivity index (χ1) is 8.10. The van der Waals surface area contributed by atoms with Crippen molar-refractivity contribution in [2.75, 3.05) is 26.2 Å². The van der Waals surface area contributed by atoms with Gasteiger partial charge in [-0.3, -0.25) is 10.1 Å². The Morgan fingerprint density at radius 3 is 2.47 bits per heavy atom. The van der Waals surface area contributed by atoms with Gasteiger partial charge in [-0.15, -0.1) is 0 Å². The number of nitrogens with one attached hydrogen (secondary N) is 1. The van der Waals surface area contributed by atoms with E-state index in [1.165, 1.54) is 0 Å². The summed E-state index contributed by atoms with van der Waals surface area (Å²) >= 11 is 0. The Balaban J connectivity index is 3.82. The third-order valence-corrected chi connectivity index (χ3v) is 2.41. The first-order valence-corrected chi connectivity index (χ1v) is 6.02. The number of nitrogens with two attached hydrogens (primary N) is 1. The molecule has 0 aromatic carbocycles. The van der Waals surface area contributed by atoms with Crippen LogP contribution in [0.4, 0.5) is 4.79 Å². The summed E-state index contributed by atoms with van der Waals surface area (Å²) in [6, 6.07) is -0.824. The minimum atomic E-state index is -0.824. The van der Waals surface area contributed by atoms with Gasteiger partial charge < -0.3 is 15.7 Å². The van der Waals surface area contributed by atoms with Crippen molar-refractivity contribution in [2.45, 2.75) is 32.6 Å². The monoisotopic (exact) mass is 245 g/mol. The van der Waals surface area contributed by atoms with Gasteiger partial charge in [-0.2, -0.15) is 0 Å². The Bertz CT molecular complexity index is 234. The highest BCUT2D eigenvalue weighted by Gasteiger charge is 2.08. The Morgan fingerprint density at radius 2 is 1.94 bits per heavy atom. The fourth-order valence-electron chi connectivity index (χ4n) is 1.52. The number of primary amides is 1. The van der Waals surface area contributed by atoms with Crippen LogP contribution in [0.1, 0.15) is 32.6 Å². The van der Waals surface area contributed by atoms with Gasteiger partial charge in [0.1, 0.15) is 0 Å². The lowest BCUT2D eigenvalue weighted by atomic mass is 10.2. The van der Waals surface area contributed by atoms with Gasteiger partial charge in [0, 0.05) is 19.5 Å². The lowest BCUT2D eigenvalue weighted by molar-refractivity contribution is -0.120. The van der Waals surface area contributed by atoms with E-state index in [9.17, 15) is 9.59 Å². The maximum Gasteiger partial charge on any atom is 0.318 e. The number of carbonyl (C=O) groups is 2. The summed E-state index contributed by atoms with van der Waals surface area (Å²) in [6.45, 7) is 4.13. The van der Waals surface area contributed by atoms with Gasteiger partial charge in [-0.05, 0) is 13.0 Å². The molecule has 17 heavy (non-hydrogen) atoms. The van der Waals surface area contributed by atoms with E-state index in [-0.39, 0.29) is 18.9 Å². The predicted octanol–water partition coefficient (Wildman–Crippen LogP) is 0.0559. The third-order valence-electron chi connectivity index (χ3n) is 2.41. The predicted molar refractivity (Wildman–Crippen MR) is 65.4 cm³/mol. The van der Waals surface area contributed by atoms with E-state index in [0.717, 1.165) is 25.8 Å². The smallest absolute Gasteiger partial charge is 0.318 e.